The number of hydrogen-bond acceptors (Lipinski definition) is 4. The van der Waals surface area contributed by atoms with Crippen molar-refractivity contribution < 1.29 is 9.53 Å². The van der Waals surface area contributed by atoms with Crippen molar-refractivity contribution in [2.75, 3.05) is 53.4 Å². The number of hydrogen-bond donors (Lipinski definition) is 2. The van der Waals surface area contributed by atoms with Gasteiger partial charge in [0.15, 0.2) is 5.96 Å². The average molecular weight is 531 g/mol. The van der Waals surface area contributed by atoms with Crippen LogP contribution in [-0.2, 0) is 11.2 Å². The summed E-state index contributed by atoms with van der Waals surface area (Å²) in [5.41, 5.74) is 1.21. The quantitative estimate of drug-likeness (QED) is 0.276. The first-order valence-electron chi connectivity index (χ1n) is 10.7. The molecule has 1 aromatic rings. The van der Waals surface area contributed by atoms with Gasteiger partial charge in [-0.3, -0.25) is 9.69 Å². The van der Waals surface area contributed by atoms with E-state index < -0.39 is 0 Å². The first kappa shape index (κ1) is 26.5. The van der Waals surface area contributed by atoms with Gasteiger partial charge < -0.3 is 20.3 Å². The van der Waals surface area contributed by atoms with Crippen LogP contribution in [0.1, 0.15) is 32.3 Å². The smallest absolute Gasteiger partial charge is 0.243 e. The molecule has 0 bridgehead atoms. The minimum Gasteiger partial charge on any atom is -0.494 e. The Balaban J connectivity index is 0.00000450. The third-order valence-electron chi connectivity index (χ3n) is 5.20. The number of carbonyl (C=O) groups is 1. The number of carbonyl (C=O) groups excluding carboxylic acids is 1. The summed E-state index contributed by atoms with van der Waals surface area (Å²) in [7, 11) is 3.50. The lowest BCUT2D eigenvalue weighted by Crippen LogP contribution is -2.45. The number of benzene rings is 1. The summed E-state index contributed by atoms with van der Waals surface area (Å²) < 4.78 is 5.57. The second-order valence-corrected chi connectivity index (χ2v) is 7.52. The van der Waals surface area contributed by atoms with Crippen molar-refractivity contribution in [3.63, 3.8) is 0 Å². The van der Waals surface area contributed by atoms with E-state index in [1.54, 1.807) is 19.0 Å². The molecule has 2 N–H and O–H groups in total. The van der Waals surface area contributed by atoms with Crippen LogP contribution in [0.25, 0.3) is 0 Å². The molecule has 0 spiro atoms. The van der Waals surface area contributed by atoms with Crippen molar-refractivity contribution in [1.29, 1.82) is 0 Å². The van der Waals surface area contributed by atoms with E-state index in [2.05, 4.69) is 39.6 Å². The highest BCUT2D eigenvalue weighted by atomic mass is 127. The Morgan fingerprint density at radius 3 is 2.80 bits per heavy atom. The van der Waals surface area contributed by atoms with E-state index in [1.165, 1.54) is 18.4 Å². The van der Waals surface area contributed by atoms with Crippen LogP contribution in [0.2, 0.25) is 0 Å². The molecule has 0 saturated carbocycles. The second-order valence-electron chi connectivity index (χ2n) is 7.52. The highest BCUT2D eigenvalue weighted by Gasteiger charge is 2.22. The van der Waals surface area contributed by atoms with Gasteiger partial charge in [-0.15, -0.1) is 24.0 Å². The van der Waals surface area contributed by atoms with Gasteiger partial charge in [0, 0.05) is 33.2 Å². The maximum Gasteiger partial charge on any atom is 0.243 e. The fourth-order valence-electron chi connectivity index (χ4n) is 3.50. The molecular formula is C22H38IN5O2. The summed E-state index contributed by atoms with van der Waals surface area (Å²) >= 11 is 0. The van der Waals surface area contributed by atoms with E-state index in [-0.39, 0.29) is 36.4 Å². The van der Waals surface area contributed by atoms with E-state index >= 15 is 0 Å². The Labute approximate surface area is 198 Å². The van der Waals surface area contributed by atoms with Gasteiger partial charge in [0.25, 0.3) is 0 Å². The van der Waals surface area contributed by atoms with Crippen molar-refractivity contribution in [2.24, 2.45) is 4.99 Å². The van der Waals surface area contributed by atoms with E-state index in [0.29, 0.717) is 18.6 Å². The minimum atomic E-state index is -0.00781. The Morgan fingerprint density at radius 1 is 1.30 bits per heavy atom. The fourth-order valence-corrected chi connectivity index (χ4v) is 3.50. The maximum absolute atomic E-state index is 11.9. The van der Waals surface area contributed by atoms with E-state index in [9.17, 15) is 4.79 Å². The number of guanidine groups is 1. The number of ether oxygens (including phenoxy) is 1. The van der Waals surface area contributed by atoms with Gasteiger partial charge in [-0.05, 0) is 57.0 Å². The second kappa shape index (κ2) is 14.5. The highest BCUT2D eigenvalue weighted by Crippen LogP contribution is 2.15. The largest absolute Gasteiger partial charge is 0.494 e. The molecule has 1 amide bonds. The zero-order valence-electron chi connectivity index (χ0n) is 18.8. The topological polar surface area (TPSA) is 69.2 Å². The van der Waals surface area contributed by atoms with Crippen molar-refractivity contribution in [2.45, 2.75) is 39.2 Å². The number of likely N-dealkylation sites (tertiary alicyclic amines) is 1. The normalized spacial score (nSPS) is 16.7. The third kappa shape index (κ3) is 9.07. The average Bonchev–Trinajstić information content (AvgIpc) is 3.17. The van der Waals surface area contributed by atoms with Gasteiger partial charge in [0.05, 0.1) is 6.61 Å². The lowest BCUT2D eigenvalue weighted by Gasteiger charge is -2.24. The number of likely N-dealkylation sites (N-methyl/N-ethyl adjacent to an activating group) is 2. The summed E-state index contributed by atoms with van der Waals surface area (Å²) in [6.45, 7) is 8.82. The molecule has 0 aliphatic carbocycles. The lowest BCUT2D eigenvalue weighted by molar-refractivity contribution is -0.127. The first-order chi connectivity index (χ1) is 14.0. The van der Waals surface area contributed by atoms with Crippen LogP contribution in [-0.4, -0.2) is 81.1 Å². The molecule has 8 heteroatoms. The molecule has 2 rings (SSSR count). The van der Waals surface area contributed by atoms with Gasteiger partial charge >= 0.3 is 0 Å². The van der Waals surface area contributed by atoms with Crippen LogP contribution in [0.4, 0.5) is 0 Å². The van der Waals surface area contributed by atoms with Crippen LogP contribution >= 0.6 is 24.0 Å². The van der Waals surface area contributed by atoms with Gasteiger partial charge in [-0.2, -0.15) is 0 Å². The van der Waals surface area contributed by atoms with Crippen LogP contribution in [0.5, 0.6) is 5.75 Å². The molecule has 0 radical (unpaired) electrons. The Bertz CT molecular complexity index is 669. The third-order valence-corrected chi connectivity index (χ3v) is 5.20. The Kier molecular flexibility index (Phi) is 12.8. The summed E-state index contributed by atoms with van der Waals surface area (Å²) in [6.07, 6.45) is 3.30. The molecule has 1 fully saturated rings. The molecule has 30 heavy (non-hydrogen) atoms. The predicted molar refractivity (Wildman–Crippen MR) is 134 cm³/mol. The highest BCUT2D eigenvalue weighted by molar-refractivity contribution is 14.0. The SMILES string of the molecule is CCOc1cccc(CCNC(=NCC(=O)N(C)C)NCC2CCCN2CC)c1.I. The number of rotatable bonds is 10. The van der Waals surface area contributed by atoms with E-state index in [0.717, 1.165) is 38.3 Å². The molecule has 170 valence electrons. The molecule has 1 aliphatic heterocycles. The molecule has 1 saturated heterocycles. The van der Waals surface area contributed by atoms with Gasteiger partial charge in [0.2, 0.25) is 5.91 Å². The van der Waals surface area contributed by atoms with E-state index in [4.69, 9.17) is 4.74 Å². The Morgan fingerprint density at radius 2 is 2.10 bits per heavy atom. The summed E-state index contributed by atoms with van der Waals surface area (Å²) in [6, 6.07) is 8.69. The minimum absolute atomic E-state index is 0. The molecule has 1 heterocycles. The molecule has 7 nitrogen and oxygen atoms in total. The van der Waals surface area contributed by atoms with Gasteiger partial charge in [0.1, 0.15) is 12.3 Å². The van der Waals surface area contributed by atoms with E-state index in [1.807, 2.05) is 19.1 Å². The molecular weight excluding hydrogens is 493 g/mol. The van der Waals surface area contributed by atoms with Gasteiger partial charge in [-0.1, -0.05) is 19.1 Å². The lowest BCUT2D eigenvalue weighted by atomic mass is 10.1. The number of amides is 1. The molecule has 0 aromatic heterocycles. The predicted octanol–water partition coefficient (Wildman–Crippen LogP) is 2.35. The molecule has 1 unspecified atom stereocenters. The summed E-state index contributed by atoms with van der Waals surface area (Å²) in [5.74, 6) is 1.59. The zero-order chi connectivity index (χ0) is 21.1. The van der Waals surface area contributed by atoms with Crippen molar-refractivity contribution in [1.82, 2.24) is 20.4 Å². The maximum atomic E-state index is 11.9. The van der Waals surface area contributed by atoms with Crippen molar-refractivity contribution in [3.8, 4) is 5.75 Å². The van der Waals surface area contributed by atoms with Crippen LogP contribution in [0, 0.1) is 0 Å². The summed E-state index contributed by atoms with van der Waals surface area (Å²) in [5, 5.41) is 6.82. The Hall–Kier alpha value is -1.55. The molecule has 1 aliphatic rings. The van der Waals surface area contributed by atoms with Crippen molar-refractivity contribution in [3.05, 3.63) is 29.8 Å². The number of aliphatic imine (C=N–C) groups is 1. The number of halogens is 1. The standard InChI is InChI=1S/C22H37N5O2.HI/c1-5-27-14-8-10-19(27)16-24-22(25-17-21(28)26(3)4)23-13-12-18-9-7-11-20(15-18)29-6-2;/h7,9,11,15,19H,5-6,8,10,12-14,16-17H2,1-4H3,(H2,23,24,25);1H. The molecule has 1 aromatic carbocycles. The number of nitrogens with one attached hydrogen (secondary N) is 2. The van der Waals surface area contributed by atoms with Crippen LogP contribution in [0.3, 0.4) is 0 Å². The van der Waals surface area contributed by atoms with Crippen molar-refractivity contribution >= 4 is 35.8 Å². The van der Waals surface area contributed by atoms with Crippen LogP contribution in [0.15, 0.2) is 29.3 Å². The van der Waals surface area contributed by atoms with Crippen LogP contribution < -0.4 is 15.4 Å². The van der Waals surface area contributed by atoms with Gasteiger partial charge in [-0.25, -0.2) is 4.99 Å². The molecule has 1 atom stereocenters. The zero-order valence-corrected chi connectivity index (χ0v) is 21.1. The summed E-state index contributed by atoms with van der Waals surface area (Å²) in [4.78, 5) is 20.5. The monoisotopic (exact) mass is 531 g/mol. The first-order valence-corrected chi connectivity index (χ1v) is 10.7. The number of nitrogens with zero attached hydrogens (tertiary/aromatic N) is 3. The fraction of sp³-hybridized carbons (Fsp3) is 0.636.